The number of amides is 1. The summed E-state index contributed by atoms with van der Waals surface area (Å²) in [6.45, 7) is 0. The number of aromatic amines is 1. The zero-order valence-corrected chi connectivity index (χ0v) is 12.9. The Kier molecular flexibility index (Phi) is 3.61. The van der Waals surface area contributed by atoms with Gasteiger partial charge in [-0.2, -0.15) is 0 Å². The highest BCUT2D eigenvalue weighted by Gasteiger charge is 2.47. The average Bonchev–Trinajstić information content (AvgIpc) is 2.82. The number of fused-ring (bicyclic) bond motifs is 3. The van der Waals surface area contributed by atoms with E-state index in [1.165, 1.54) is 6.07 Å². The summed E-state index contributed by atoms with van der Waals surface area (Å²) in [5.41, 5.74) is 7.19. The molecule has 12 radical (unpaired) electrons. The van der Waals surface area contributed by atoms with Gasteiger partial charge in [-0.25, -0.2) is 0 Å². The lowest BCUT2D eigenvalue weighted by atomic mass is 9.25. The van der Waals surface area contributed by atoms with Crippen LogP contribution in [0, 0.1) is 0 Å². The Bertz CT molecular complexity index is 847. The molecule has 3 rings (SSSR count). The van der Waals surface area contributed by atoms with E-state index in [9.17, 15) is 4.79 Å². The van der Waals surface area contributed by atoms with Crippen molar-refractivity contribution in [2.24, 2.45) is 5.73 Å². The van der Waals surface area contributed by atoms with E-state index in [1.54, 1.807) is 0 Å². The SMILES string of the molecule is [B]c1cc(Cl)c([B])c2c3c([nH]c12)C(C(N)=O)CC([B])([B])C3([B])[B]. The van der Waals surface area contributed by atoms with Gasteiger partial charge < -0.3 is 10.7 Å². The predicted molar refractivity (Wildman–Crippen MR) is 98.0 cm³/mol. The standard InChI is InChI=1S/C13H7B6ClN2O/c14-4-1-5(20)8(15)6-7-9(22-10(4)6)3(11(21)23)2-12(16,17)13(7,18)19/h1,3,22H,2H2,(H2,21,23). The summed E-state index contributed by atoms with van der Waals surface area (Å²) in [6.07, 6.45) is -0.0251. The first-order valence-electron chi connectivity index (χ1n) is 6.83. The molecule has 0 aliphatic heterocycles. The molecule has 10 heteroatoms. The van der Waals surface area contributed by atoms with Crippen molar-refractivity contribution in [3.63, 3.8) is 0 Å². The van der Waals surface area contributed by atoms with Crippen LogP contribution in [0.4, 0.5) is 0 Å². The maximum Gasteiger partial charge on any atom is 0.226 e. The Morgan fingerprint density at radius 2 is 1.91 bits per heavy atom. The lowest BCUT2D eigenvalue weighted by Crippen LogP contribution is -2.49. The van der Waals surface area contributed by atoms with Crippen LogP contribution in [-0.4, -0.2) is 58.0 Å². The van der Waals surface area contributed by atoms with Crippen LogP contribution in [0.1, 0.15) is 23.6 Å². The number of rotatable bonds is 1. The number of aromatic nitrogens is 1. The molecule has 2 aromatic rings. The molecule has 0 saturated heterocycles. The minimum absolute atomic E-state index is 0.0251. The number of nitrogens with two attached hydrogens (primary N) is 1. The van der Waals surface area contributed by atoms with E-state index >= 15 is 0 Å². The zero-order valence-electron chi connectivity index (χ0n) is 12.2. The number of carbonyl (C=O) groups is 1. The lowest BCUT2D eigenvalue weighted by molar-refractivity contribution is -0.119. The van der Waals surface area contributed by atoms with Gasteiger partial charge >= 0.3 is 0 Å². The van der Waals surface area contributed by atoms with Crippen LogP contribution in [-0.2, 0) is 10.0 Å². The molecule has 1 aliphatic carbocycles. The second-order valence-corrected chi connectivity index (χ2v) is 6.50. The monoisotopic (exact) mass is 308 g/mol. The van der Waals surface area contributed by atoms with E-state index in [0.29, 0.717) is 27.6 Å². The molecule has 0 spiro atoms. The van der Waals surface area contributed by atoms with Crippen molar-refractivity contribution in [3.8, 4) is 0 Å². The summed E-state index contributed by atoms with van der Waals surface area (Å²) < 4.78 is 0. The summed E-state index contributed by atoms with van der Waals surface area (Å²) in [5, 5.41) is -2.62. The Morgan fingerprint density at radius 3 is 2.48 bits per heavy atom. The highest BCUT2D eigenvalue weighted by Crippen LogP contribution is 2.53. The molecule has 1 atom stereocenters. The van der Waals surface area contributed by atoms with Gasteiger partial charge in [0.15, 0.2) is 0 Å². The van der Waals surface area contributed by atoms with E-state index in [1.807, 2.05) is 0 Å². The summed E-state index contributed by atoms with van der Waals surface area (Å²) in [4.78, 5) is 14.9. The molecule has 100 valence electrons. The summed E-state index contributed by atoms with van der Waals surface area (Å²) in [5.74, 6) is -1.41. The van der Waals surface area contributed by atoms with Gasteiger partial charge in [-0.05, 0) is 23.4 Å². The van der Waals surface area contributed by atoms with Gasteiger partial charge in [0, 0.05) is 16.2 Å². The molecule has 1 aromatic carbocycles. The highest BCUT2D eigenvalue weighted by molar-refractivity contribution is 6.57. The van der Waals surface area contributed by atoms with Crippen LogP contribution in [0.25, 0.3) is 10.9 Å². The van der Waals surface area contributed by atoms with Crippen molar-refractivity contribution in [1.29, 1.82) is 0 Å². The normalized spacial score (nSPS) is 21.9. The minimum Gasteiger partial charge on any atom is -0.369 e. The molecule has 1 amide bonds. The maximum absolute atomic E-state index is 11.9. The molecular formula is C13H7B6ClN2O. The fourth-order valence-electron chi connectivity index (χ4n) is 3.19. The molecule has 3 nitrogen and oxygen atoms in total. The molecule has 23 heavy (non-hydrogen) atoms. The quantitative estimate of drug-likeness (QED) is 0.608. The van der Waals surface area contributed by atoms with E-state index in [4.69, 9.17) is 64.4 Å². The molecule has 1 aliphatic rings. The van der Waals surface area contributed by atoms with E-state index in [0.717, 1.165) is 0 Å². The summed E-state index contributed by atoms with van der Waals surface area (Å²) in [7, 11) is 36.7. The van der Waals surface area contributed by atoms with Gasteiger partial charge in [-0.3, -0.25) is 4.79 Å². The number of hydrogen-bond donors (Lipinski definition) is 2. The third-order valence-electron chi connectivity index (χ3n) is 4.54. The van der Waals surface area contributed by atoms with Crippen LogP contribution in [0.3, 0.4) is 0 Å². The van der Waals surface area contributed by atoms with Crippen LogP contribution in [0.5, 0.6) is 0 Å². The van der Waals surface area contributed by atoms with Crippen molar-refractivity contribution >= 4 is 86.4 Å². The average molecular weight is 308 g/mol. The third-order valence-corrected chi connectivity index (χ3v) is 4.86. The molecule has 0 bridgehead atoms. The second-order valence-electron chi connectivity index (χ2n) is 6.09. The Morgan fingerprint density at radius 1 is 1.30 bits per heavy atom. The van der Waals surface area contributed by atoms with Crippen molar-refractivity contribution in [2.45, 2.75) is 22.8 Å². The Labute approximate surface area is 147 Å². The number of H-pyrrole nitrogens is 1. The number of halogens is 1. The second kappa shape index (κ2) is 4.95. The van der Waals surface area contributed by atoms with Crippen molar-refractivity contribution < 1.29 is 4.79 Å². The van der Waals surface area contributed by atoms with Crippen molar-refractivity contribution in [2.75, 3.05) is 0 Å². The van der Waals surface area contributed by atoms with E-state index in [2.05, 4.69) is 4.98 Å². The third kappa shape index (κ3) is 2.15. The minimum atomic E-state index is -1.67. The fourth-order valence-corrected chi connectivity index (χ4v) is 3.40. The maximum atomic E-state index is 11.9. The molecule has 0 saturated carbocycles. The first-order chi connectivity index (χ1) is 10.5. The first kappa shape index (κ1) is 16.8. The smallest absolute Gasteiger partial charge is 0.226 e. The van der Waals surface area contributed by atoms with Gasteiger partial charge in [0.1, 0.15) is 15.7 Å². The predicted octanol–water partition coefficient (Wildman–Crippen LogP) is -1.68. The highest BCUT2D eigenvalue weighted by atomic mass is 35.5. The van der Waals surface area contributed by atoms with E-state index < -0.39 is 22.3 Å². The van der Waals surface area contributed by atoms with Gasteiger partial charge in [0.2, 0.25) is 5.91 Å². The van der Waals surface area contributed by atoms with E-state index in [-0.39, 0.29) is 16.9 Å². The van der Waals surface area contributed by atoms with Gasteiger partial charge in [0.25, 0.3) is 0 Å². The Hall–Kier alpha value is -1.09. The molecular weight excluding hydrogens is 300 g/mol. The number of carbonyl (C=O) groups excluding carboxylic acids is 1. The van der Waals surface area contributed by atoms with Crippen LogP contribution >= 0.6 is 11.6 Å². The van der Waals surface area contributed by atoms with Crippen molar-refractivity contribution in [3.05, 3.63) is 22.3 Å². The largest absolute Gasteiger partial charge is 0.369 e. The lowest BCUT2D eigenvalue weighted by Gasteiger charge is -2.50. The van der Waals surface area contributed by atoms with Crippen LogP contribution < -0.4 is 16.7 Å². The summed E-state index contributed by atoms with van der Waals surface area (Å²) >= 11 is 6.10. The molecule has 1 heterocycles. The van der Waals surface area contributed by atoms with Gasteiger partial charge in [-0.1, -0.05) is 27.7 Å². The summed E-state index contributed by atoms with van der Waals surface area (Å²) in [6, 6.07) is 1.49. The molecule has 1 aromatic heterocycles. The number of hydrogen-bond acceptors (Lipinski definition) is 1. The molecule has 3 N–H and O–H groups in total. The van der Waals surface area contributed by atoms with Crippen molar-refractivity contribution in [1.82, 2.24) is 4.98 Å². The zero-order chi connectivity index (χ0) is 17.3. The Balaban J connectivity index is 2.50. The number of nitrogens with one attached hydrogen (secondary N) is 1. The number of benzene rings is 1. The van der Waals surface area contributed by atoms with Gasteiger partial charge in [0.05, 0.1) is 37.3 Å². The van der Waals surface area contributed by atoms with Crippen LogP contribution in [0.2, 0.25) is 10.2 Å². The van der Waals surface area contributed by atoms with Crippen LogP contribution in [0.15, 0.2) is 6.07 Å². The fraction of sp³-hybridized carbons (Fsp3) is 0.308. The molecule has 1 unspecified atom stereocenters. The topological polar surface area (TPSA) is 58.9 Å². The molecule has 0 fully saturated rings. The number of primary amides is 1. The first-order valence-corrected chi connectivity index (χ1v) is 7.21. The van der Waals surface area contributed by atoms with Gasteiger partial charge in [-0.15, -0.1) is 5.21 Å².